The Hall–Kier alpha value is -2.53. The molecule has 148 valence electrons. The summed E-state index contributed by atoms with van der Waals surface area (Å²) in [7, 11) is 1.70. The number of nitrogens with one attached hydrogen (secondary N) is 2. The van der Waals surface area contributed by atoms with Crippen molar-refractivity contribution >= 4 is 11.7 Å². The maximum Gasteiger partial charge on any atom is 0.319 e. The van der Waals surface area contributed by atoms with E-state index in [9.17, 15) is 4.79 Å². The average Bonchev–Trinajstić information content (AvgIpc) is 2.70. The SMILES string of the molecule is COc1ccc(CN2[C@H]3CCC[C@H]2CC(NC(=O)Nc2ccccc2)C3)cc1. The molecule has 2 amide bonds. The van der Waals surface area contributed by atoms with E-state index in [1.54, 1.807) is 7.11 Å². The van der Waals surface area contributed by atoms with E-state index in [-0.39, 0.29) is 12.1 Å². The van der Waals surface area contributed by atoms with Crippen LogP contribution in [0.2, 0.25) is 0 Å². The summed E-state index contributed by atoms with van der Waals surface area (Å²) >= 11 is 0. The fraction of sp³-hybridized carbons (Fsp3) is 0.435. The summed E-state index contributed by atoms with van der Waals surface area (Å²) in [6.07, 6.45) is 5.76. The molecular formula is C23H29N3O2. The molecule has 0 aromatic heterocycles. The second-order valence-electron chi connectivity index (χ2n) is 7.89. The van der Waals surface area contributed by atoms with E-state index in [0.29, 0.717) is 12.1 Å². The molecule has 28 heavy (non-hydrogen) atoms. The van der Waals surface area contributed by atoms with Crippen molar-refractivity contribution in [2.24, 2.45) is 0 Å². The van der Waals surface area contributed by atoms with Gasteiger partial charge in [-0.15, -0.1) is 0 Å². The number of fused-ring (bicyclic) bond motifs is 2. The molecule has 0 saturated carbocycles. The number of carbonyl (C=O) groups is 1. The Kier molecular flexibility index (Phi) is 5.81. The van der Waals surface area contributed by atoms with Gasteiger partial charge in [0.2, 0.25) is 0 Å². The quantitative estimate of drug-likeness (QED) is 0.809. The van der Waals surface area contributed by atoms with Crippen molar-refractivity contribution in [1.29, 1.82) is 0 Å². The van der Waals surface area contributed by atoms with Crippen molar-refractivity contribution in [3.63, 3.8) is 0 Å². The Balaban J connectivity index is 1.35. The fourth-order valence-corrected chi connectivity index (χ4v) is 4.67. The van der Waals surface area contributed by atoms with Gasteiger partial charge in [0.05, 0.1) is 7.11 Å². The van der Waals surface area contributed by atoms with Crippen LogP contribution in [0.4, 0.5) is 10.5 Å². The van der Waals surface area contributed by atoms with Gasteiger partial charge >= 0.3 is 6.03 Å². The highest BCUT2D eigenvalue weighted by atomic mass is 16.5. The number of carbonyl (C=O) groups excluding carboxylic acids is 1. The molecule has 2 bridgehead atoms. The number of piperidine rings is 2. The zero-order valence-corrected chi connectivity index (χ0v) is 16.4. The topological polar surface area (TPSA) is 53.6 Å². The molecule has 2 aromatic rings. The van der Waals surface area contributed by atoms with Crippen LogP contribution in [-0.4, -0.2) is 36.2 Å². The van der Waals surface area contributed by atoms with Crippen molar-refractivity contribution in [3.05, 3.63) is 60.2 Å². The lowest BCUT2D eigenvalue weighted by Gasteiger charge is -2.49. The third-order valence-corrected chi connectivity index (χ3v) is 6.02. The van der Waals surface area contributed by atoms with Gasteiger partial charge in [-0.25, -0.2) is 4.79 Å². The van der Waals surface area contributed by atoms with Crippen LogP contribution >= 0.6 is 0 Å². The Labute approximate surface area is 167 Å². The van der Waals surface area contributed by atoms with Gasteiger partial charge in [-0.3, -0.25) is 4.90 Å². The number of urea groups is 1. The number of hydrogen-bond donors (Lipinski definition) is 2. The number of hydrogen-bond acceptors (Lipinski definition) is 3. The van der Waals surface area contributed by atoms with Gasteiger partial charge in [-0.05, 0) is 55.5 Å². The fourth-order valence-electron chi connectivity index (χ4n) is 4.67. The normalized spacial score (nSPS) is 24.4. The maximum absolute atomic E-state index is 12.4. The predicted molar refractivity (Wildman–Crippen MR) is 112 cm³/mol. The van der Waals surface area contributed by atoms with Crippen LogP contribution < -0.4 is 15.4 Å². The van der Waals surface area contributed by atoms with E-state index < -0.39 is 0 Å². The summed E-state index contributed by atoms with van der Waals surface area (Å²) in [4.78, 5) is 15.0. The first-order valence-corrected chi connectivity index (χ1v) is 10.2. The van der Waals surface area contributed by atoms with Crippen molar-refractivity contribution in [2.75, 3.05) is 12.4 Å². The molecule has 2 saturated heterocycles. The molecule has 2 aromatic carbocycles. The van der Waals surface area contributed by atoms with E-state index in [4.69, 9.17) is 4.74 Å². The van der Waals surface area contributed by atoms with Crippen LogP contribution in [0.5, 0.6) is 5.75 Å². The minimum atomic E-state index is -0.0992. The highest BCUT2D eigenvalue weighted by Gasteiger charge is 2.38. The minimum absolute atomic E-state index is 0.0992. The van der Waals surface area contributed by atoms with E-state index in [1.807, 2.05) is 42.5 Å². The summed E-state index contributed by atoms with van der Waals surface area (Å²) in [5.41, 5.74) is 2.16. The third kappa shape index (κ3) is 4.47. The van der Waals surface area contributed by atoms with Gasteiger partial charge in [0, 0.05) is 30.4 Å². The molecule has 2 atom stereocenters. The Bertz CT molecular complexity index is 764. The highest BCUT2D eigenvalue weighted by Crippen LogP contribution is 2.35. The molecule has 2 N–H and O–H groups in total. The van der Waals surface area contributed by atoms with Crippen LogP contribution in [-0.2, 0) is 6.54 Å². The molecule has 0 aliphatic carbocycles. The lowest BCUT2D eigenvalue weighted by Crippen LogP contribution is -2.56. The molecule has 5 nitrogen and oxygen atoms in total. The first-order valence-electron chi connectivity index (χ1n) is 10.2. The number of methoxy groups -OCH3 is 1. The lowest BCUT2D eigenvalue weighted by atomic mass is 9.81. The minimum Gasteiger partial charge on any atom is -0.497 e. The summed E-state index contributed by atoms with van der Waals surface area (Å²) in [6, 6.07) is 19.2. The van der Waals surface area contributed by atoms with E-state index in [0.717, 1.165) is 30.8 Å². The second-order valence-corrected chi connectivity index (χ2v) is 7.89. The number of ether oxygens (including phenoxy) is 1. The number of nitrogens with zero attached hydrogens (tertiary/aromatic N) is 1. The number of anilines is 1. The van der Waals surface area contributed by atoms with Crippen LogP contribution in [0, 0.1) is 0 Å². The van der Waals surface area contributed by atoms with Crippen LogP contribution in [0.25, 0.3) is 0 Å². The Morgan fingerprint density at radius 1 is 1.04 bits per heavy atom. The highest BCUT2D eigenvalue weighted by molar-refractivity contribution is 5.89. The van der Waals surface area contributed by atoms with Gasteiger partial charge in [-0.2, -0.15) is 0 Å². The Morgan fingerprint density at radius 2 is 1.71 bits per heavy atom. The molecule has 2 aliphatic heterocycles. The van der Waals surface area contributed by atoms with Gasteiger partial charge in [0.1, 0.15) is 5.75 Å². The standard InChI is InChI=1S/C23H29N3O2/c1-28-22-12-10-17(11-13-22)16-26-20-8-5-9-21(26)15-19(14-20)25-23(27)24-18-6-3-2-4-7-18/h2-4,6-7,10-13,19-21H,5,8-9,14-16H2,1H3,(H2,24,25,27)/t20-,21-/m0/s1. The van der Waals surface area contributed by atoms with Crippen molar-refractivity contribution < 1.29 is 9.53 Å². The molecule has 2 aliphatic rings. The molecule has 4 rings (SSSR count). The van der Waals surface area contributed by atoms with Gasteiger partial charge in [-0.1, -0.05) is 36.8 Å². The predicted octanol–water partition coefficient (Wildman–Crippen LogP) is 4.40. The zero-order chi connectivity index (χ0) is 19.3. The molecule has 0 spiro atoms. The smallest absolute Gasteiger partial charge is 0.319 e. The van der Waals surface area contributed by atoms with Crippen LogP contribution in [0.3, 0.4) is 0 Å². The number of amides is 2. The molecule has 2 fully saturated rings. The first-order chi connectivity index (χ1) is 13.7. The van der Waals surface area contributed by atoms with Crippen LogP contribution in [0.15, 0.2) is 54.6 Å². The van der Waals surface area contributed by atoms with Gasteiger partial charge in [0.15, 0.2) is 0 Å². The maximum atomic E-state index is 12.4. The molecular weight excluding hydrogens is 350 g/mol. The van der Waals surface area contributed by atoms with Crippen molar-refractivity contribution in [2.45, 2.75) is 56.8 Å². The third-order valence-electron chi connectivity index (χ3n) is 6.02. The second kappa shape index (κ2) is 8.65. The summed E-state index contributed by atoms with van der Waals surface area (Å²) in [5, 5.41) is 6.14. The summed E-state index contributed by atoms with van der Waals surface area (Å²) in [5.74, 6) is 0.899. The summed E-state index contributed by atoms with van der Waals surface area (Å²) in [6.45, 7) is 0.974. The Morgan fingerprint density at radius 3 is 2.36 bits per heavy atom. The lowest BCUT2D eigenvalue weighted by molar-refractivity contribution is 0.0200. The molecule has 2 heterocycles. The van der Waals surface area contributed by atoms with Gasteiger partial charge < -0.3 is 15.4 Å². The monoisotopic (exact) mass is 379 g/mol. The number of para-hydroxylation sites is 1. The first kappa shape index (κ1) is 18.8. The van der Waals surface area contributed by atoms with E-state index >= 15 is 0 Å². The largest absolute Gasteiger partial charge is 0.497 e. The van der Waals surface area contributed by atoms with E-state index in [2.05, 4.69) is 27.7 Å². The van der Waals surface area contributed by atoms with Gasteiger partial charge in [0.25, 0.3) is 0 Å². The average molecular weight is 380 g/mol. The number of rotatable bonds is 5. The van der Waals surface area contributed by atoms with Crippen molar-refractivity contribution in [3.8, 4) is 5.75 Å². The van der Waals surface area contributed by atoms with Crippen molar-refractivity contribution in [1.82, 2.24) is 10.2 Å². The molecule has 0 unspecified atom stereocenters. The molecule has 5 heteroatoms. The molecule has 0 radical (unpaired) electrons. The van der Waals surface area contributed by atoms with E-state index in [1.165, 1.54) is 24.8 Å². The zero-order valence-electron chi connectivity index (χ0n) is 16.4. The summed E-state index contributed by atoms with van der Waals surface area (Å²) < 4.78 is 5.27. The number of benzene rings is 2. The van der Waals surface area contributed by atoms with Crippen LogP contribution in [0.1, 0.15) is 37.7 Å².